The first-order valence-corrected chi connectivity index (χ1v) is 10.9. The van der Waals surface area contributed by atoms with Crippen molar-refractivity contribution in [2.24, 2.45) is 0 Å². The van der Waals surface area contributed by atoms with E-state index >= 15 is 0 Å². The third-order valence-electron chi connectivity index (χ3n) is 4.56. The molecule has 1 amide bonds. The summed E-state index contributed by atoms with van der Waals surface area (Å²) in [4.78, 5) is 34.1. The second-order valence-corrected chi connectivity index (χ2v) is 8.21. The quantitative estimate of drug-likeness (QED) is 0.578. The average Bonchev–Trinajstić information content (AvgIpc) is 2.99. The molecule has 2 aromatic heterocycles. The van der Waals surface area contributed by atoms with E-state index in [-0.39, 0.29) is 18.0 Å². The van der Waals surface area contributed by atoms with E-state index in [1.54, 1.807) is 23.1 Å². The number of amides is 1. The zero-order chi connectivity index (χ0) is 21.0. The van der Waals surface area contributed by atoms with Gasteiger partial charge in [0.25, 0.3) is 5.56 Å². The average molecular weight is 435 g/mol. The molecule has 2 heterocycles. The fourth-order valence-electron chi connectivity index (χ4n) is 3.02. The number of aromatic amines is 1. The van der Waals surface area contributed by atoms with Crippen molar-refractivity contribution in [2.45, 2.75) is 39.5 Å². The molecule has 0 saturated carbocycles. The Kier molecular flexibility index (Phi) is 6.97. The van der Waals surface area contributed by atoms with Crippen molar-refractivity contribution in [1.29, 1.82) is 0 Å². The van der Waals surface area contributed by atoms with E-state index in [4.69, 9.17) is 16.1 Å². The number of aromatic nitrogens is 3. The van der Waals surface area contributed by atoms with Crippen molar-refractivity contribution in [3.8, 4) is 0 Å². The molecule has 0 radical (unpaired) electrons. The number of rotatable bonds is 8. The molecular formula is C20H23ClN4O3S. The Morgan fingerprint density at radius 2 is 2.14 bits per heavy atom. The minimum Gasteiger partial charge on any atom is -0.361 e. The van der Waals surface area contributed by atoms with Gasteiger partial charge in [-0.25, -0.2) is 4.98 Å². The van der Waals surface area contributed by atoms with Gasteiger partial charge in [-0.2, -0.15) is 0 Å². The van der Waals surface area contributed by atoms with E-state index in [9.17, 15) is 9.59 Å². The molecular weight excluding hydrogens is 412 g/mol. The van der Waals surface area contributed by atoms with Crippen LogP contribution in [0.3, 0.4) is 0 Å². The van der Waals surface area contributed by atoms with Crippen molar-refractivity contribution in [3.05, 3.63) is 56.4 Å². The van der Waals surface area contributed by atoms with E-state index in [1.807, 2.05) is 20.8 Å². The van der Waals surface area contributed by atoms with Crippen molar-refractivity contribution < 1.29 is 9.32 Å². The maximum absolute atomic E-state index is 12.8. The predicted molar refractivity (Wildman–Crippen MR) is 115 cm³/mol. The van der Waals surface area contributed by atoms with Gasteiger partial charge in [-0.05, 0) is 38.5 Å². The summed E-state index contributed by atoms with van der Waals surface area (Å²) in [6.07, 6.45) is 0.809. The molecule has 3 rings (SSSR count). The second-order valence-electron chi connectivity index (χ2n) is 6.78. The molecule has 29 heavy (non-hydrogen) atoms. The Bertz CT molecular complexity index is 1060. The molecule has 0 aliphatic rings. The summed E-state index contributed by atoms with van der Waals surface area (Å²) in [6, 6.07) is 4.96. The van der Waals surface area contributed by atoms with Gasteiger partial charge in [-0.15, -0.1) is 11.8 Å². The molecule has 9 heteroatoms. The van der Waals surface area contributed by atoms with Crippen molar-refractivity contribution in [1.82, 2.24) is 20.0 Å². The van der Waals surface area contributed by atoms with Crippen LogP contribution in [0.4, 0.5) is 0 Å². The van der Waals surface area contributed by atoms with E-state index in [2.05, 4.69) is 15.1 Å². The highest BCUT2D eigenvalue weighted by Gasteiger charge is 2.17. The summed E-state index contributed by atoms with van der Waals surface area (Å²) in [6.45, 7) is 6.60. The van der Waals surface area contributed by atoms with Crippen LogP contribution >= 0.6 is 23.4 Å². The minimum absolute atomic E-state index is 0.00236. The highest BCUT2D eigenvalue weighted by atomic mass is 35.5. The lowest BCUT2D eigenvalue weighted by molar-refractivity contribution is -0.129. The normalized spacial score (nSPS) is 11.2. The maximum Gasteiger partial charge on any atom is 0.258 e. The van der Waals surface area contributed by atoms with Gasteiger partial charge in [-0.1, -0.05) is 23.7 Å². The summed E-state index contributed by atoms with van der Waals surface area (Å²) < 4.78 is 5.16. The number of nitrogens with zero attached hydrogens (tertiary/aromatic N) is 3. The van der Waals surface area contributed by atoms with Crippen LogP contribution in [0.25, 0.3) is 10.9 Å². The lowest BCUT2D eigenvalue weighted by Gasteiger charge is -2.21. The zero-order valence-corrected chi connectivity index (χ0v) is 18.2. The fraction of sp³-hybridized carbons (Fsp3) is 0.400. The number of thioether (sulfide) groups is 1. The number of benzene rings is 1. The number of hydrogen-bond acceptors (Lipinski definition) is 6. The fourth-order valence-corrected chi connectivity index (χ4v) is 4.26. The molecule has 0 atom stereocenters. The standard InChI is InChI=1S/C20H23ClN4O3S/c1-4-7-25(19(26)11-29-10-16-12(2)24-28-13(16)3)9-18-22-17-8-14(21)5-6-15(17)20(27)23-18/h5-6,8H,4,7,9-11H2,1-3H3,(H,22,23,27). The maximum atomic E-state index is 12.8. The monoisotopic (exact) mass is 434 g/mol. The number of fused-ring (bicyclic) bond motifs is 1. The van der Waals surface area contributed by atoms with Crippen LogP contribution < -0.4 is 5.56 Å². The summed E-state index contributed by atoms with van der Waals surface area (Å²) in [5.41, 5.74) is 2.16. The first kappa shape index (κ1) is 21.4. The van der Waals surface area contributed by atoms with Gasteiger partial charge < -0.3 is 14.4 Å². The first-order chi connectivity index (χ1) is 13.9. The molecule has 0 spiro atoms. The van der Waals surface area contributed by atoms with Crippen LogP contribution in [0.1, 0.15) is 36.2 Å². The summed E-state index contributed by atoms with van der Waals surface area (Å²) in [7, 11) is 0. The molecule has 1 N–H and O–H groups in total. The lowest BCUT2D eigenvalue weighted by atomic mass is 10.2. The number of nitrogens with one attached hydrogen (secondary N) is 1. The predicted octanol–water partition coefficient (Wildman–Crippen LogP) is 3.85. The van der Waals surface area contributed by atoms with Crippen LogP contribution in [0.5, 0.6) is 0 Å². The van der Waals surface area contributed by atoms with Gasteiger partial charge in [0.15, 0.2) is 0 Å². The number of carbonyl (C=O) groups excluding carboxylic acids is 1. The van der Waals surface area contributed by atoms with Gasteiger partial charge in [0.1, 0.15) is 11.6 Å². The molecule has 0 unspecified atom stereocenters. The molecule has 0 aliphatic carbocycles. The number of halogens is 1. The number of carbonyl (C=O) groups is 1. The third-order valence-corrected chi connectivity index (χ3v) is 5.74. The van der Waals surface area contributed by atoms with E-state index in [0.717, 1.165) is 23.4 Å². The van der Waals surface area contributed by atoms with Crippen molar-refractivity contribution in [3.63, 3.8) is 0 Å². The molecule has 0 fully saturated rings. The Morgan fingerprint density at radius 3 is 2.83 bits per heavy atom. The van der Waals surface area contributed by atoms with Crippen LogP contribution in [0.15, 0.2) is 27.5 Å². The topological polar surface area (TPSA) is 92.1 Å². The van der Waals surface area contributed by atoms with Crippen LogP contribution in [0, 0.1) is 13.8 Å². The van der Waals surface area contributed by atoms with Crippen molar-refractivity contribution >= 4 is 40.2 Å². The van der Waals surface area contributed by atoms with Gasteiger partial charge in [-0.3, -0.25) is 9.59 Å². The Hall–Kier alpha value is -2.32. The van der Waals surface area contributed by atoms with Crippen LogP contribution in [0.2, 0.25) is 5.02 Å². The molecule has 3 aromatic rings. The second kappa shape index (κ2) is 9.45. The molecule has 0 bridgehead atoms. The highest BCUT2D eigenvalue weighted by Crippen LogP contribution is 2.20. The molecule has 0 saturated heterocycles. The molecule has 1 aromatic carbocycles. The summed E-state index contributed by atoms with van der Waals surface area (Å²) in [5, 5.41) is 4.92. The van der Waals surface area contributed by atoms with Gasteiger partial charge in [0.05, 0.1) is 28.9 Å². The summed E-state index contributed by atoms with van der Waals surface area (Å²) >= 11 is 7.54. The lowest BCUT2D eigenvalue weighted by Crippen LogP contribution is -2.34. The molecule has 0 aliphatic heterocycles. The highest BCUT2D eigenvalue weighted by molar-refractivity contribution is 7.99. The smallest absolute Gasteiger partial charge is 0.258 e. The molecule has 7 nitrogen and oxygen atoms in total. The largest absolute Gasteiger partial charge is 0.361 e. The number of hydrogen-bond donors (Lipinski definition) is 1. The van der Waals surface area contributed by atoms with E-state index in [1.165, 1.54) is 11.8 Å². The van der Waals surface area contributed by atoms with Crippen LogP contribution in [-0.2, 0) is 17.1 Å². The number of aryl methyl sites for hydroxylation is 2. The van der Waals surface area contributed by atoms with Gasteiger partial charge >= 0.3 is 0 Å². The zero-order valence-electron chi connectivity index (χ0n) is 16.6. The van der Waals surface area contributed by atoms with Gasteiger partial charge in [0, 0.05) is 22.9 Å². The Labute approximate surface area is 177 Å². The van der Waals surface area contributed by atoms with Crippen LogP contribution in [-0.4, -0.2) is 38.2 Å². The molecule has 154 valence electrons. The number of H-pyrrole nitrogens is 1. The van der Waals surface area contributed by atoms with E-state index in [0.29, 0.717) is 39.8 Å². The minimum atomic E-state index is -0.238. The van der Waals surface area contributed by atoms with Crippen molar-refractivity contribution in [2.75, 3.05) is 12.3 Å². The first-order valence-electron chi connectivity index (χ1n) is 9.34. The van der Waals surface area contributed by atoms with E-state index < -0.39 is 0 Å². The Balaban J connectivity index is 1.70. The SMILES string of the molecule is CCCN(Cc1nc2cc(Cl)ccc2c(=O)[nH]1)C(=O)CSCc1c(C)noc1C. The Morgan fingerprint density at radius 1 is 1.34 bits per heavy atom. The van der Waals surface area contributed by atoms with Gasteiger partial charge in [0.2, 0.25) is 5.91 Å². The summed E-state index contributed by atoms with van der Waals surface area (Å²) in [5.74, 6) is 2.22. The third kappa shape index (κ3) is 5.19.